The molecule has 2 rings (SSSR count). The molecule has 1 aliphatic rings. The number of halogens is 1. The molecule has 0 aliphatic heterocycles. The molecule has 0 saturated heterocycles. The normalized spacial score (nSPS) is 17.6. The van der Waals surface area contributed by atoms with E-state index in [1.807, 2.05) is 12.1 Å². The van der Waals surface area contributed by atoms with Gasteiger partial charge < -0.3 is 10.0 Å². The molecule has 1 unspecified atom stereocenters. The summed E-state index contributed by atoms with van der Waals surface area (Å²) in [4.78, 5) is 2.66. The van der Waals surface area contributed by atoms with Gasteiger partial charge in [0, 0.05) is 6.04 Å². The Hall–Kier alpha value is -0.540. The predicted octanol–water partition coefficient (Wildman–Crippen LogP) is 4.34. The number of aromatic hydroxyl groups is 1. The Kier molecular flexibility index (Phi) is 7.60. The van der Waals surface area contributed by atoms with Crippen LogP contribution in [-0.2, 0) is 12.8 Å². The average Bonchev–Trinajstić information content (AvgIpc) is 2.43. The highest BCUT2D eigenvalue weighted by atomic mass is 79.9. The van der Waals surface area contributed by atoms with Crippen LogP contribution >= 0.6 is 17.0 Å². The van der Waals surface area contributed by atoms with E-state index in [-0.39, 0.29) is 17.0 Å². The molecular formula is C17H28BrNO. The van der Waals surface area contributed by atoms with Crippen molar-refractivity contribution in [1.82, 2.24) is 4.90 Å². The summed E-state index contributed by atoms with van der Waals surface area (Å²) in [6.45, 7) is 6.96. The SMILES string of the molecule is Br.CCCCN(CCC)C1CCc2c(O)cccc2C1. The van der Waals surface area contributed by atoms with Crippen molar-refractivity contribution in [2.24, 2.45) is 0 Å². The smallest absolute Gasteiger partial charge is 0.119 e. The maximum atomic E-state index is 9.91. The monoisotopic (exact) mass is 341 g/mol. The fourth-order valence-corrected chi connectivity index (χ4v) is 3.20. The Labute approximate surface area is 134 Å². The van der Waals surface area contributed by atoms with E-state index in [1.54, 1.807) is 0 Å². The van der Waals surface area contributed by atoms with Gasteiger partial charge in [0.05, 0.1) is 0 Å². The van der Waals surface area contributed by atoms with Crippen LogP contribution in [0.5, 0.6) is 5.75 Å². The molecule has 0 radical (unpaired) electrons. The van der Waals surface area contributed by atoms with E-state index in [9.17, 15) is 5.11 Å². The number of phenols is 1. The zero-order valence-corrected chi connectivity index (χ0v) is 14.5. The van der Waals surface area contributed by atoms with E-state index < -0.39 is 0 Å². The van der Waals surface area contributed by atoms with Gasteiger partial charge in [0.25, 0.3) is 0 Å². The van der Waals surface area contributed by atoms with E-state index in [1.165, 1.54) is 49.9 Å². The lowest BCUT2D eigenvalue weighted by Gasteiger charge is -2.35. The Morgan fingerprint density at radius 1 is 1.20 bits per heavy atom. The standard InChI is InChI=1S/C17H27NO.BrH/c1-3-5-12-18(11-4-2)15-9-10-16-14(13-15)7-6-8-17(16)19;/h6-8,15,19H,3-5,9-13H2,1-2H3;1H. The number of hydrogen-bond donors (Lipinski definition) is 1. The molecular weight excluding hydrogens is 314 g/mol. The number of benzene rings is 1. The number of nitrogens with zero attached hydrogens (tertiary/aromatic N) is 1. The number of fused-ring (bicyclic) bond motifs is 1. The first-order chi connectivity index (χ1) is 9.26. The van der Waals surface area contributed by atoms with Gasteiger partial charge in [0.2, 0.25) is 0 Å². The maximum Gasteiger partial charge on any atom is 0.119 e. The van der Waals surface area contributed by atoms with Crippen LogP contribution in [0.15, 0.2) is 18.2 Å². The van der Waals surface area contributed by atoms with Crippen molar-refractivity contribution in [2.75, 3.05) is 13.1 Å². The van der Waals surface area contributed by atoms with Gasteiger partial charge in [-0.15, -0.1) is 17.0 Å². The fraction of sp³-hybridized carbons (Fsp3) is 0.647. The second-order valence-corrected chi connectivity index (χ2v) is 5.70. The van der Waals surface area contributed by atoms with Crippen molar-refractivity contribution in [3.05, 3.63) is 29.3 Å². The van der Waals surface area contributed by atoms with Crippen molar-refractivity contribution in [3.63, 3.8) is 0 Å². The van der Waals surface area contributed by atoms with Crippen molar-refractivity contribution in [1.29, 1.82) is 0 Å². The van der Waals surface area contributed by atoms with Crippen LogP contribution in [0.2, 0.25) is 0 Å². The van der Waals surface area contributed by atoms with E-state index in [2.05, 4.69) is 24.8 Å². The third kappa shape index (κ3) is 4.23. The summed E-state index contributed by atoms with van der Waals surface area (Å²) in [6, 6.07) is 6.65. The predicted molar refractivity (Wildman–Crippen MR) is 91.0 cm³/mol. The van der Waals surface area contributed by atoms with Crippen LogP contribution in [0, 0.1) is 0 Å². The highest BCUT2D eigenvalue weighted by Crippen LogP contribution is 2.30. The minimum Gasteiger partial charge on any atom is -0.508 e. The molecule has 1 aromatic rings. The van der Waals surface area contributed by atoms with E-state index in [4.69, 9.17) is 0 Å². The van der Waals surface area contributed by atoms with Crippen LogP contribution in [0.1, 0.15) is 50.7 Å². The van der Waals surface area contributed by atoms with Crippen molar-refractivity contribution >= 4 is 17.0 Å². The van der Waals surface area contributed by atoms with Gasteiger partial charge in [-0.05, 0) is 62.4 Å². The van der Waals surface area contributed by atoms with E-state index in [0.29, 0.717) is 11.8 Å². The molecule has 0 bridgehead atoms. The highest BCUT2D eigenvalue weighted by Gasteiger charge is 2.24. The van der Waals surface area contributed by atoms with Gasteiger partial charge in [-0.3, -0.25) is 0 Å². The van der Waals surface area contributed by atoms with E-state index in [0.717, 1.165) is 12.8 Å². The van der Waals surface area contributed by atoms with Gasteiger partial charge in [-0.1, -0.05) is 32.4 Å². The fourth-order valence-electron chi connectivity index (χ4n) is 3.20. The summed E-state index contributed by atoms with van der Waals surface area (Å²) in [5.41, 5.74) is 2.54. The van der Waals surface area contributed by atoms with Crippen LogP contribution in [0.25, 0.3) is 0 Å². The minimum absolute atomic E-state index is 0. The molecule has 3 heteroatoms. The van der Waals surface area contributed by atoms with Crippen molar-refractivity contribution in [2.45, 2.75) is 58.4 Å². The number of unbranched alkanes of at least 4 members (excludes halogenated alkanes) is 1. The summed E-state index contributed by atoms with van der Waals surface area (Å²) < 4.78 is 0. The first-order valence-corrected chi connectivity index (χ1v) is 7.80. The largest absolute Gasteiger partial charge is 0.508 e. The zero-order chi connectivity index (χ0) is 13.7. The first kappa shape index (κ1) is 17.5. The number of phenolic OH excluding ortho intramolecular Hbond substituents is 1. The molecule has 0 heterocycles. The summed E-state index contributed by atoms with van der Waals surface area (Å²) in [5.74, 6) is 0.492. The third-order valence-electron chi connectivity index (χ3n) is 4.26. The topological polar surface area (TPSA) is 23.5 Å². The van der Waals surface area contributed by atoms with Crippen LogP contribution < -0.4 is 0 Å². The molecule has 1 N–H and O–H groups in total. The zero-order valence-electron chi connectivity index (χ0n) is 12.8. The molecule has 2 nitrogen and oxygen atoms in total. The maximum absolute atomic E-state index is 9.91. The van der Waals surface area contributed by atoms with Crippen LogP contribution in [0.4, 0.5) is 0 Å². The molecule has 0 saturated carbocycles. The van der Waals surface area contributed by atoms with Gasteiger partial charge in [0.1, 0.15) is 5.75 Å². The van der Waals surface area contributed by atoms with Gasteiger partial charge >= 0.3 is 0 Å². The molecule has 1 aliphatic carbocycles. The average molecular weight is 342 g/mol. The van der Waals surface area contributed by atoms with Crippen molar-refractivity contribution in [3.8, 4) is 5.75 Å². The number of rotatable bonds is 6. The lowest BCUT2D eigenvalue weighted by molar-refractivity contribution is 0.176. The number of hydrogen-bond acceptors (Lipinski definition) is 2. The summed E-state index contributed by atoms with van der Waals surface area (Å²) in [6.07, 6.45) is 7.11. The van der Waals surface area contributed by atoms with Crippen molar-refractivity contribution < 1.29 is 5.11 Å². The quantitative estimate of drug-likeness (QED) is 0.831. The second kappa shape index (κ2) is 8.68. The van der Waals surface area contributed by atoms with E-state index >= 15 is 0 Å². The Morgan fingerprint density at radius 2 is 2.00 bits per heavy atom. The van der Waals surface area contributed by atoms with Crippen LogP contribution in [-0.4, -0.2) is 29.1 Å². The summed E-state index contributed by atoms with van der Waals surface area (Å²) >= 11 is 0. The van der Waals surface area contributed by atoms with Crippen LogP contribution in [0.3, 0.4) is 0 Å². The molecule has 114 valence electrons. The lowest BCUT2D eigenvalue weighted by Crippen LogP contribution is -2.40. The third-order valence-corrected chi connectivity index (χ3v) is 4.26. The Morgan fingerprint density at radius 3 is 2.70 bits per heavy atom. The lowest BCUT2D eigenvalue weighted by atomic mass is 9.86. The Balaban J connectivity index is 0.00000200. The molecule has 20 heavy (non-hydrogen) atoms. The minimum atomic E-state index is 0. The first-order valence-electron chi connectivity index (χ1n) is 7.80. The molecule has 0 fully saturated rings. The molecule has 0 amide bonds. The summed E-state index contributed by atoms with van der Waals surface area (Å²) in [5, 5.41) is 9.91. The van der Waals surface area contributed by atoms with Gasteiger partial charge in [0.15, 0.2) is 0 Å². The molecule has 1 aromatic carbocycles. The van der Waals surface area contributed by atoms with Gasteiger partial charge in [-0.2, -0.15) is 0 Å². The highest BCUT2D eigenvalue weighted by molar-refractivity contribution is 8.93. The van der Waals surface area contributed by atoms with Gasteiger partial charge in [-0.25, -0.2) is 0 Å². The molecule has 1 atom stereocenters. The Bertz CT molecular complexity index is 408. The molecule has 0 spiro atoms. The molecule has 0 aromatic heterocycles. The second-order valence-electron chi connectivity index (χ2n) is 5.70. The summed E-state index contributed by atoms with van der Waals surface area (Å²) in [7, 11) is 0.